The van der Waals surface area contributed by atoms with Gasteiger partial charge < -0.3 is 25.4 Å². The predicted molar refractivity (Wildman–Crippen MR) is 165 cm³/mol. The number of alkyl carbamates (subject to hydrolysis) is 1. The van der Waals surface area contributed by atoms with E-state index in [9.17, 15) is 14.7 Å². The lowest BCUT2D eigenvalue weighted by Gasteiger charge is -2.42. The number of β-amino-alcohol motifs (C(OH)–C–C–N with tert-alkyl or cyclic N) is 1. The number of likely N-dealkylation sites (tertiary alicyclic amines) is 1. The molecule has 0 radical (unpaired) electrons. The Labute approximate surface area is 247 Å². The minimum Gasteiger partial charge on any atom is -0.445 e. The largest absolute Gasteiger partial charge is 0.445 e. The van der Waals surface area contributed by atoms with E-state index in [1.807, 2.05) is 81.4 Å². The number of nitrogens with one attached hydrogen (secondary N) is 2. The van der Waals surface area contributed by atoms with Gasteiger partial charge in [-0.25, -0.2) is 4.79 Å². The highest BCUT2D eigenvalue weighted by atomic mass is 16.5. The van der Waals surface area contributed by atoms with Crippen molar-refractivity contribution in [1.29, 1.82) is 0 Å². The van der Waals surface area contributed by atoms with Gasteiger partial charge in [0.1, 0.15) is 6.61 Å². The molecule has 2 aromatic carbocycles. The number of aliphatic hydroxyl groups excluding tert-OH is 1. The number of aliphatic hydroxyl groups is 1. The van der Waals surface area contributed by atoms with Crippen molar-refractivity contribution in [3.05, 3.63) is 71.8 Å². The molecule has 2 aromatic rings. The lowest BCUT2D eigenvalue weighted by atomic mass is 9.75. The Balaban J connectivity index is 0.000000573. The Hall–Kier alpha value is -3.34. The van der Waals surface area contributed by atoms with Crippen LogP contribution in [0.15, 0.2) is 60.7 Å². The summed E-state index contributed by atoms with van der Waals surface area (Å²) in [6.45, 7) is 8.70. The standard InChI is InChI=1S/C27H36N2O3.C5H11NO.C2H2/c30-26(19-29-16-15-23-13-7-8-14-24(23)18-29)25(17-21-9-3-1-4-10-21)28-27(31)32-20-22-11-5-2-6-12-22;1-5(2,3)6-4-7;1-2/h1-6,9-12,23-26,30H,7-8,13-20H2,(H,28,31);4H,1-3H3,(H,6,7);1-2H/t23-,24+,25-,26+;;/m0../s1. The van der Waals surface area contributed by atoms with Gasteiger partial charge in [0.15, 0.2) is 0 Å². The summed E-state index contributed by atoms with van der Waals surface area (Å²) in [5, 5.41) is 16.7. The Kier molecular flexibility index (Phi) is 15.0. The summed E-state index contributed by atoms with van der Waals surface area (Å²) < 4.78 is 5.43. The van der Waals surface area contributed by atoms with Gasteiger partial charge in [-0.3, -0.25) is 4.79 Å². The molecule has 0 unspecified atom stereocenters. The molecule has 0 spiro atoms. The third-order valence-corrected chi connectivity index (χ3v) is 7.59. The van der Waals surface area contributed by atoms with Gasteiger partial charge in [0.25, 0.3) is 0 Å². The number of hydrogen-bond acceptors (Lipinski definition) is 5. The number of terminal acetylenes is 1. The molecule has 1 heterocycles. The Morgan fingerprint density at radius 1 is 1.00 bits per heavy atom. The number of benzene rings is 2. The number of nitrogens with zero attached hydrogens (tertiary/aromatic N) is 1. The van der Waals surface area contributed by atoms with Gasteiger partial charge in [-0.1, -0.05) is 79.9 Å². The molecule has 1 aliphatic carbocycles. The van der Waals surface area contributed by atoms with Gasteiger partial charge >= 0.3 is 6.09 Å². The number of hydrogen-bond donors (Lipinski definition) is 3. The first kappa shape index (κ1) is 33.9. The van der Waals surface area contributed by atoms with Crippen LogP contribution in [0.1, 0.15) is 64.0 Å². The monoisotopic (exact) mass is 563 g/mol. The van der Waals surface area contributed by atoms with Crippen molar-refractivity contribution in [2.75, 3.05) is 19.6 Å². The van der Waals surface area contributed by atoms with Crippen molar-refractivity contribution in [2.45, 2.75) is 83.6 Å². The van der Waals surface area contributed by atoms with Crippen LogP contribution in [-0.4, -0.2) is 59.8 Å². The first-order valence-electron chi connectivity index (χ1n) is 14.7. The zero-order valence-electron chi connectivity index (χ0n) is 25.0. The molecule has 4 rings (SSSR count). The van der Waals surface area contributed by atoms with Gasteiger partial charge in [0.05, 0.1) is 12.1 Å². The first-order chi connectivity index (χ1) is 19.7. The van der Waals surface area contributed by atoms with Crippen LogP contribution in [0.5, 0.6) is 0 Å². The maximum atomic E-state index is 12.5. The fourth-order valence-corrected chi connectivity index (χ4v) is 5.48. The Morgan fingerprint density at radius 2 is 1.59 bits per heavy atom. The highest BCUT2D eigenvalue weighted by Crippen LogP contribution is 2.36. The minimum absolute atomic E-state index is 0.0677. The van der Waals surface area contributed by atoms with Crippen molar-refractivity contribution < 1.29 is 19.4 Å². The number of ether oxygens (including phenoxy) is 1. The zero-order valence-corrected chi connectivity index (χ0v) is 25.0. The molecule has 1 saturated carbocycles. The molecule has 224 valence electrons. The number of rotatable bonds is 9. The summed E-state index contributed by atoms with van der Waals surface area (Å²) in [7, 11) is 0. The Bertz CT molecular complexity index is 1020. The van der Waals surface area contributed by atoms with E-state index in [2.05, 4.69) is 28.4 Å². The third kappa shape index (κ3) is 13.2. The van der Waals surface area contributed by atoms with Crippen LogP contribution in [0.2, 0.25) is 0 Å². The van der Waals surface area contributed by atoms with Crippen molar-refractivity contribution in [3.63, 3.8) is 0 Å². The second-order valence-electron chi connectivity index (χ2n) is 11.9. The van der Waals surface area contributed by atoms with E-state index in [0.717, 1.165) is 36.1 Å². The smallest absolute Gasteiger partial charge is 0.407 e. The van der Waals surface area contributed by atoms with Gasteiger partial charge in [0.2, 0.25) is 6.41 Å². The molecule has 2 amide bonds. The van der Waals surface area contributed by atoms with Gasteiger partial charge in [-0.2, -0.15) is 0 Å². The van der Waals surface area contributed by atoms with Crippen LogP contribution >= 0.6 is 0 Å². The fourth-order valence-electron chi connectivity index (χ4n) is 5.48. The second kappa shape index (κ2) is 18.2. The van der Waals surface area contributed by atoms with Gasteiger partial charge in [-0.05, 0) is 69.5 Å². The molecule has 0 bridgehead atoms. The summed E-state index contributed by atoms with van der Waals surface area (Å²) in [6, 6.07) is 19.3. The molecule has 2 aliphatic rings. The quantitative estimate of drug-likeness (QED) is 0.289. The van der Waals surface area contributed by atoms with Crippen LogP contribution in [0.25, 0.3) is 0 Å². The maximum absolute atomic E-state index is 12.5. The van der Waals surface area contributed by atoms with E-state index in [1.165, 1.54) is 32.1 Å². The molecule has 7 nitrogen and oxygen atoms in total. The molecular weight excluding hydrogens is 514 g/mol. The van der Waals surface area contributed by atoms with E-state index >= 15 is 0 Å². The number of amides is 2. The van der Waals surface area contributed by atoms with Crippen molar-refractivity contribution in [1.82, 2.24) is 15.5 Å². The summed E-state index contributed by atoms with van der Waals surface area (Å²) in [6.07, 6.45) is 14.8. The average Bonchev–Trinajstić information content (AvgIpc) is 2.97. The second-order valence-corrected chi connectivity index (χ2v) is 11.9. The third-order valence-electron chi connectivity index (χ3n) is 7.59. The van der Waals surface area contributed by atoms with Crippen molar-refractivity contribution in [2.24, 2.45) is 11.8 Å². The number of carbonyl (C=O) groups excluding carboxylic acids is 2. The lowest BCUT2D eigenvalue weighted by molar-refractivity contribution is -0.110. The number of fused-ring (bicyclic) bond motifs is 1. The predicted octanol–water partition coefficient (Wildman–Crippen LogP) is 5.18. The summed E-state index contributed by atoms with van der Waals surface area (Å²) >= 11 is 0. The highest BCUT2D eigenvalue weighted by Gasteiger charge is 2.33. The van der Waals surface area contributed by atoms with E-state index in [1.54, 1.807) is 0 Å². The topological polar surface area (TPSA) is 90.9 Å². The Morgan fingerprint density at radius 3 is 2.15 bits per heavy atom. The fraction of sp³-hybridized carbons (Fsp3) is 0.529. The molecule has 41 heavy (non-hydrogen) atoms. The van der Waals surface area contributed by atoms with E-state index in [0.29, 0.717) is 19.4 Å². The molecule has 1 saturated heterocycles. The lowest BCUT2D eigenvalue weighted by Crippen LogP contribution is -2.52. The van der Waals surface area contributed by atoms with E-state index in [-0.39, 0.29) is 12.1 Å². The van der Waals surface area contributed by atoms with Crippen LogP contribution in [0.3, 0.4) is 0 Å². The van der Waals surface area contributed by atoms with Crippen LogP contribution in [-0.2, 0) is 22.6 Å². The molecule has 1 aliphatic heterocycles. The molecule has 0 aromatic heterocycles. The summed E-state index contributed by atoms with van der Waals surface area (Å²) in [5.74, 6) is 1.63. The zero-order chi connectivity index (χ0) is 30.1. The minimum atomic E-state index is -0.653. The first-order valence-corrected chi connectivity index (χ1v) is 14.7. The SMILES string of the molecule is C#C.CC(C)(C)NC=O.O=C(N[C@@H](Cc1ccccc1)[C@H](O)CN1CC[C@@H]2CCCC[C@@H]2C1)OCc1ccccc1. The molecule has 2 fully saturated rings. The average molecular weight is 564 g/mol. The molecule has 3 N–H and O–H groups in total. The van der Waals surface area contributed by atoms with E-state index < -0.39 is 18.2 Å². The highest BCUT2D eigenvalue weighted by molar-refractivity contribution is 5.67. The summed E-state index contributed by atoms with van der Waals surface area (Å²) in [5.41, 5.74) is 1.96. The maximum Gasteiger partial charge on any atom is 0.407 e. The molecule has 4 atom stereocenters. The van der Waals surface area contributed by atoms with Crippen molar-refractivity contribution >= 4 is 12.5 Å². The van der Waals surface area contributed by atoms with Crippen molar-refractivity contribution in [3.8, 4) is 12.8 Å². The van der Waals surface area contributed by atoms with Gasteiger partial charge in [0, 0.05) is 18.6 Å². The van der Waals surface area contributed by atoms with Crippen LogP contribution < -0.4 is 10.6 Å². The van der Waals surface area contributed by atoms with E-state index in [4.69, 9.17) is 4.74 Å². The van der Waals surface area contributed by atoms with Gasteiger partial charge in [-0.15, -0.1) is 12.8 Å². The number of piperidine rings is 1. The molecular formula is C34H49N3O4. The summed E-state index contributed by atoms with van der Waals surface area (Å²) in [4.78, 5) is 24.6. The van der Waals surface area contributed by atoms with Crippen LogP contribution in [0.4, 0.5) is 4.79 Å². The number of carbonyl (C=O) groups is 2. The molecule has 7 heteroatoms. The van der Waals surface area contributed by atoms with Crippen LogP contribution in [0, 0.1) is 24.7 Å². The normalized spacial score (nSPS) is 19.9.